The fourth-order valence-corrected chi connectivity index (χ4v) is 4.00. The summed E-state index contributed by atoms with van der Waals surface area (Å²) in [4.78, 5) is 11.9. The van der Waals surface area contributed by atoms with E-state index in [0.29, 0.717) is 23.8 Å². The predicted octanol–water partition coefficient (Wildman–Crippen LogP) is 2.78. The molecule has 128 valence electrons. The van der Waals surface area contributed by atoms with Gasteiger partial charge in [-0.3, -0.25) is 9.00 Å². The van der Waals surface area contributed by atoms with Crippen LogP contribution in [0.1, 0.15) is 37.7 Å². The van der Waals surface area contributed by atoms with Crippen LogP contribution in [0.2, 0.25) is 0 Å². The molecule has 1 atom stereocenters. The van der Waals surface area contributed by atoms with E-state index in [-0.39, 0.29) is 17.4 Å². The normalized spacial score (nSPS) is 16.8. The Balaban J connectivity index is 1.79. The van der Waals surface area contributed by atoms with Crippen molar-refractivity contribution in [3.8, 4) is 5.75 Å². The first-order valence-electron chi connectivity index (χ1n) is 8.02. The molecule has 1 N–H and O–H groups in total. The predicted molar refractivity (Wildman–Crippen MR) is 89.3 cm³/mol. The summed E-state index contributed by atoms with van der Waals surface area (Å²) in [6.45, 7) is 0.666. The Bertz CT molecular complexity index is 559. The second-order valence-electron chi connectivity index (χ2n) is 5.99. The van der Waals surface area contributed by atoms with Crippen molar-refractivity contribution in [1.29, 1.82) is 0 Å². The van der Waals surface area contributed by atoms with Gasteiger partial charge in [-0.2, -0.15) is 0 Å². The van der Waals surface area contributed by atoms with E-state index < -0.39 is 16.6 Å². The maximum absolute atomic E-state index is 13.3. The smallest absolute Gasteiger partial charge is 0.232 e. The van der Waals surface area contributed by atoms with E-state index in [2.05, 4.69) is 5.32 Å². The minimum absolute atomic E-state index is 0.0631. The molecule has 0 unspecified atom stereocenters. The van der Waals surface area contributed by atoms with Crippen molar-refractivity contribution in [2.45, 2.75) is 37.9 Å². The average molecular weight is 341 g/mol. The number of ether oxygens (including phenoxy) is 1. The van der Waals surface area contributed by atoms with Gasteiger partial charge >= 0.3 is 0 Å². The molecule has 4 nitrogen and oxygen atoms in total. The molecule has 23 heavy (non-hydrogen) atoms. The van der Waals surface area contributed by atoms with Gasteiger partial charge in [0.25, 0.3) is 0 Å². The van der Waals surface area contributed by atoms with E-state index in [1.807, 2.05) is 0 Å². The number of benzene rings is 1. The van der Waals surface area contributed by atoms with Crippen LogP contribution in [-0.2, 0) is 21.3 Å². The Labute approximate surface area is 139 Å². The molecule has 0 heterocycles. The Hall–Kier alpha value is -1.43. The van der Waals surface area contributed by atoms with E-state index in [0.717, 1.165) is 12.8 Å². The molecule has 0 saturated heterocycles. The van der Waals surface area contributed by atoms with Crippen LogP contribution in [0.15, 0.2) is 18.2 Å². The fraction of sp³-hybridized carbons (Fsp3) is 0.588. The Morgan fingerprint density at radius 3 is 2.78 bits per heavy atom. The molecular weight excluding hydrogens is 317 g/mol. The zero-order valence-electron chi connectivity index (χ0n) is 13.5. The van der Waals surface area contributed by atoms with Crippen molar-refractivity contribution < 1.29 is 18.1 Å². The third-order valence-electron chi connectivity index (χ3n) is 4.16. The number of rotatable bonds is 7. The van der Waals surface area contributed by atoms with Crippen molar-refractivity contribution in [3.05, 3.63) is 29.6 Å². The number of carbonyl (C=O) groups is 1. The molecule has 0 radical (unpaired) electrons. The molecule has 1 aromatic carbocycles. The number of halogens is 1. The first-order chi connectivity index (χ1) is 11.1. The van der Waals surface area contributed by atoms with Crippen LogP contribution in [-0.4, -0.2) is 29.5 Å². The van der Waals surface area contributed by atoms with E-state index in [9.17, 15) is 13.4 Å². The molecule has 6 heteroatoms. The highest BCUT2D eigenvalue weighted by Gasteiger charge is 2.16. The van der Waals surface area contributed by atoms with Gasteiger partial charge in [0.1, 0.15) is 17.3 Å². The number of amides is 1. The minimum atomic E-state index is -1.39. The van der Waals surface area contributed by atoms with Crippen molar-refractivity contribution in [3.63, 3.8) is 0 Å². The van der Waals surface area contributed by atoms with Gasteiger partial charge in [0.2, 0.25) is 5.91 Å². The highest BCUT2D eigenvalue weighted by Crippen LogP contribution is 2.23. The number of methoxy groups -OCH3 is 1. The third-order valence-corrected chi connectivity index (χ3v) is 5.38. The molecule has 1 amide bonds. The quantitative estimate of drug-likeness (QED) is 0.830. The van der Waals surface area contributed by atoms with Gasteiger partial charge in [-0.15, -0.1) is 0 Å². The summed E-state index contributed by atoms with van der Waals surface area (Å²) in [5.74, 6) is 0.472. The van der Waals surface area contributed by atoms with Crippen LogP contribution in [0.25, 0.3) is 0 Å². The lowest BCUT2D eigenvalue weighted by Gasteiger charge is -2.21. The zero-order valence-corrected chi connectivity index (χ0v) is 14.3. The SMILES string of the molecule is COc1ccc(F)cc1C[S@@](=O)CC(=O)NCC1CCCCC1. The molecular formula is C17H24FNO3S. The molecule has 2 rings (SSSR count). The lowest BCUT2D eigenvalue weighted by molar-refractivity contribution is -0.118. The highest BCUT2D eigenvalue weighted by atomic mass is 32.2. The van der Waals surface area contributed by atoms with Crippen LogP contribution >= 0.6 is 0 Å². The van der Waals surface area contributed by atoms with Crippen LogP contribution in [0.3, 0.4) is 0 Å². The average Bonchev–Trinajstić information content (AvgIpc) is 2.54. The molecule has 0 bridgehead atoms. The summed E-state index contributed by atoms with van der Waals surface area (Å²) in [7, 11) is 0.0963. The van der Waals surface area contributed by atoms with Gasteiger partial charge in [0.15, 0.2) is 0 Å². The molecule has 0 aliphatic heterocycles. The second-order valence-corrected chi connectivity index (χ2v) is 7.45. The molecule has 0 spiro atoms. The van der Waals surface area contributed by atoms with Crippen molar-refractivity contribution in [1.82, 2.24) is 5.32 Å². The lowest BCUT2D eigenvalue weighted by atomic mass is 9.89. The largest absolute Gasteiger partial charge is 0.496 e. The molecule has 1 fully saturated rings. The minimum Gasteiger partial charge on any atom is -0.496 e. The Kier molecular flexibility index (Phi) is 7.02. The summed E-state index contributed by atoms with van der Waals surface area (Å²) in [6, 6.07) is 4.10. The van der Waals surface area contributed by atoms with Gasteiger partial charge < -0.3 is 10.1 Å². The molecule has 0 aromatic heterocycles. The van der Waals surface area contributed by atoms with Gasteiger partial charge in [-0.1, -0.05) is 19.3 Å². The van der Waals surface area contributed by atoms with Crippen LogP contribution in [0.5, 0.6) is 5.75 Å². The first kappa shape index (κ1) is 17.9. The summed E-state index contributed by atoms with van der Waals surface area (Å²) >= 11 is 0. The van der Waals surface area contributed by atoms with Crippen molar-refractivity contribution in [2.24, 2.45) is 5.92 Å². The summed E-state index contributed by atoms with van der Waals surface area (Å²) in [5.41, 5.74) is 0.519. The first-order valence-corrected chi connectivity index (χ1v) is 9.51. The van der Waals surface area contributed by atoms with Crippen LogP contribution in [0.4, 0.5) is 4.39 Å². The molecule has 1 aliphatic carbocycles. The molecule has 1 aromatic rings. The second kappa shape index (κ2) is 9.01. The fourth-order valence-electron chi connectivity index (χ4n) is 2.93. The van der Waals surface area contributed by atoms with Crippen LogP contribution < -0.4 is 10.1 Å². The summed E-state index contributed by atoms with van der Waals surface area (Å²) < 4.78 is 30.5. The number of carbonyl (C=O) groups excluding carboxylic acids is 1. The topological polar surface area (TPSA) is 55.4 Å². The third kappa shape index (κ3) is 5.94. The van der Waals surface area contributed by atoms with E-state index in [4.69, 9.17) is 4.74 Å². The summed E-state index contributed by atoms with van der Waals surface area (Å²) in [5, 5.41) is 2.87. The van der Waals surface area contributed by atoms with Gasteiger partial charge in [0.05, 0.1) is 12.9 Å². The maximum Gasteiger partial charge on any atom is 0.232 e. The summed E-state index contributed by atoms with van der Waals surface area (Å²) in [6.07, 6.45) is 6.05. The number of nitrogens with one attached hydrogen (secondary N) is 1. The van der Waals surface area contributed by atoms with Gasteiger partial charge in [-0.25, -0.2) is 4.39 Å². The van der Waals surface area contributed by atoms with E-state index in [1.54, 1.807) is 0 Å². The maximum atomic E-state index is 13.3. The highest BCUT2D eigenvalue weighted by molar-refractivity contribution is 7.84. The van der Waals surface area contributed by atoms with Gasteiger partial charge in [0, 0.05) is 22.9 Å². The van der Waals surface area contributed by atoms with Crippen molar-refractivity contribution >= 4 is 16.7 Å². The van der Waals surface area contributed by atoms with Gasteiger partial charge in [-0.05, 0) is 37.0 Å². The monoisotopic (exact) mass is 341 g/mol. The molecule has 1 aliphatic rings. The Morgan fingerprint density at radius 1 is 1.35 bits per heavy atom. The zero-order chi connectivity index (χ0) is 16.7. The lowest BCUT2D eigenvalue weighted by Crippen LogP contribution is -2.33. The number of hydrogen-bond acceptors (Lipinski definition) is 3. The standard InChI is InChI=1S/C17H24FNO3S/c1-22-16-8-7-15(18)9-14(16)11-23(21)12-17(20)19-10-13-5-3-2-4-6-13/h7-9,13H,2-6,10-12H2,1H3,(H,19,20)/t23-/m1/s1. The number of hydrogen-bond donors (Lipinski definition) is 1. The van der Waals surface area contributed by atoms with E-state index in [1.165, 1.54) is 44.6 Å². The Morgan fingerprint density at radius 2 is 2.09 bits per heavy atom. The van der Waals surface area contributed by atoms with E-state index >= 15 is 0 Å². The van der Waals surface area contributed by atoms with Crippen LogP contribution in [0, 0.1) is 11.7 Å². The van der Waals surface area contributed by atoms with Crippen molar-refractivity contribution in [2.75, 3.05) is 19.4 Å². The molecule has 1 saturated carbocycles.